The Morgan fingerprint density at radius 1 is 0.884 bits per heavy atom. The summed E-state index contributed by atoms with van der Waals surface area (Å²) in [5.41, 5.74) is 4.18. The zero-order chi connectivity index (χ0) is 30.9. The second kappa shape index (κ2) is 14.4. The number of carbonyl (C=O) groups is 3. The average molecular weight is 604 g/mol. The monoisotopic (exact) mass is 603 g/mol. The number of benzene rings is 3. The second-order valence-corrected chi connectivity index (χ2v) is 10.4. The number of rotatable bonds is 12. The van der Waals surface area contributed by atoms with E-state index < -0.39 is 5.97 Å². The number of methoxy groups -OCH3 is 2. The minimum atomic E-state index is -0.420. The van der Waals surface area contributed by atoms with E-state index in [9.17, 15) is 14.4 Å². The molecule has 12 heteroatoms. The summed E-state index contributed by atoms with van der Waals surface area (Å²) < 4.78 is 17.4. The minimum Gasteiger partial charge on any atom is -0.497 e. The Labute approximate surface area is 253 Å². The van der Waals surface area contributed by atoms with Crippen LogP contribution in [-0.2, 0) is 16.1 Å². The number of esters is 1. The van der Waals surface area contributed by atoms with Crippen LogP contribution in [0.5, 0.6) is 11.5 Å². The number of nitrogens with zero attached hydrogens (tertiary/aromatic N) is 3. The Balaban J connectivity index is 1.51. The molecule has 2 amide bonds. The molecule has 0 spiro atoms. The molecule has 0 atom stereocenters. The zero-order valence-corrected chi connectivity index (χ0v) is 25.4. The number of amides is 2. The van der Waals surface area contributed by atoms with E-state index in [-0.39, 0.29) is 30.7 Å². The van der Waals surface area contributed by atoms with Crippen LogP contribution in [0, 0.1) is 13.8 Å². The summed E-state index contributed by atoms with van der Waals surface area (Å²) in [5.74, 6) is 0.524. The Morgan fingerprint density at radius 2 is 1.58 bits per heavy atom. The Kier molecular flexibility index (Phi) is 10.4. The molecule has 4 rings (SSSR count). The SMILES string of the molecule is CCOC(=O)c1ccc(NC(=O)CSc2nnc(CNC(=O)c3cc(OC)cc(OC)c3)n2-c2cc(C)ccc2C)cc1. The number of anilines is 1. The maximum absolute atomic E-state index is 13.0. The molecule has 0 aliphatic carbocycles. The van der Waals surface area contributed by atoms with E-state index in [1.165, 1.54) is 26.0 Å². The van der Waals surface area contributed by atoms with E-state index in [1.54, 1.807) is 49.4 Å². The highest BCUT2D eigenvalue weighted by Gasteiger charge is 2.19. The molecule has 11 nitrogen and oxygen atoms in total. The molecule has 4 aromatic rings. The fraction of sp³-hybridized carbons (Fsp3) is 0.258. The van der Waals surface area contributed by atoms with Gasteiger partial charge in [-0.2, -0.15) is 0 Å². The van der Waals surface area contributed by atoms with Crippen LogP contribution in [0.1, 0.15) is 44.6 Å². The third kappa shape index (κ3) is 7.92. The lowest BCUT2D eigenvalue weighted by molar-refractivity contribution is -0.113. The van der Waals surface area contributed by atoms with E-state index in [0.29, 0.717) is 39.3 Å². The first-order valence-corrected chi connectivity index (χ1v) is 14.4. The Bertz CT molecular complexity index is 1600. The number of aromatic nitrogens is 3. The van der Waals surface area contributed by atoms with Gasteiger partial charge in [0.25, 0.3) is 5.91 Å². The molecule has 0 radical (unpaired) electrons. The topological polar surface area (TPSA) is 134 Å². The average Bonchev–Trinajstić information content (AvgIpc) is 3.42. The number of ether oxygens (including phenoxy) is 3. The molecular formula is C31H33N5O6S. The fourth-order valence-corrected chi connectivity index (χ4v) is 4.91. The van der Waals surface area contributed by atoms with Crippen LogP contribution in [0.25, 0.3) is 5.69 Å². The van der Waals surface area contributed by atoms with Gasteiger partial charge < -0.3 is 24.8 Å². The van der Waals surface area contributed by atoms with Crippen LogP contribution >= 0.6 is 11.8 Å². The van der Waals surface area contributed by atoms with Crippen LogP contribution in [0.15, 0.2) is 65.8 Å². The summed E-state index contributed by atoms with van der Waals surface area (Å²) in [7, 11) is 3.04. The molecule has 0 fully saturated rings. The van der Waals surface area contributed by atoms with Gasteiger partial charge in [0, 0.05) is 17.3 Å². The third-order valence-electron chi connectivity index (χ3n) is 6.34. The zero-order valence-electron chi connectivity index (χ0n) is 24.6. The lowest BCUT2D eigenvalue weighted by Crippen LogP contribution is -2.25. The van der Waals surface area contributed by atoms with Crippen molar-refractivity contribution >= 4 is 35.2 Å². The first-order valence-electron chi connectivity index (χ1n) is 13.4. The molecular weight excluding hydrogens is 570 g/mol. The molecule has 2 N–H and O–H groups in total. The Morgan fingerprint density at radius 3 is 2.23 bits per heavy atom. The standard InChI is InChI=1S/C31H33N5O6S/c1-6-42-30(39)21-9-11-23(12-10-21)33-28(37)18-43-31-35-34-27(36(31)26-13-19(2)7-8-20(26)3)17-32-29(38)22-14-24(40-4)16-25(15-22)41-5/h7-16H,6,17-18H2,1-5H3,(H,32,38)(H,33,37). The van der Waals surface area contributed by atoms with Crippen molar-refractivity contribution in [2.45, 2.75) is 32.5 Å². The lowest BCUT2D eigenvalue weighted by Gasteiger charge is -2.14. The number of thioether (sulfide) groups is 1. The highest BCUT2D eigenvalue weighted by Crippen LogP contribution is 2.26. The van der Waals surface area contributed by atoms with Crippen molar-refractivity contribution in [1.82, 2.24) is 20.1 Å². The van der Waals surface area contributed by atoms with Crippen molar-refractivity contribution in [2.75, 3.05) is 31.9 Å². The van der Waals surface area contributed by atoms with Crippen LogP contribution in [0.2, 0.25) is 0 Å². The highest BCUT2D eigenvalue weighted by atomic mass is 32.2. The fourth-order valence-electron chi connectivity index (χ4n) is 4.14. The normalized spacial score (nSPS) is 10.6. The number of hydrogen-bond acceptors (Lipinski definition) is 9. The van der Waals surface area contributed by atoms with Gasteiger partial charge in [0.15, 0.2) is 11.0 Å². The van der Waals surface area contributed by atoms with Gasteiger partial charge in [0.1, 0.15) is 11.5 Å². The molecule has 0 unspecified atom stereocenters. The van der Waals surface area contributed by atoms with E-state index >= 15 is 0 Å². The minimum absolute atomic E-state index is 0.0542. The van der Waals surface area contributed by atoms with Crippen LogP contribution in [0.3, 0.4) is 0 Å². The van der Waals surface area contributed by atoms with Gasteiger partial charge in [-0.05, 0) is 74.4 Å². The predicted molar refractivity (Wildman–Crippen MR) is 163 cm³/mol. The van der Waals surface area contributed by atoms with E-state index in [0.717, 1.165) is 16.8 Å². The summed E-state index contributed by atoms with van der Waals surface area (Å²) in [6.07, 6.45) is 0. The van der Waals surface area contributed by atoms with Crippen molar-refractivity contribution < 1.29 is 28.6 Å². The van der Waals surface area contributed by atoms with Crippen molar-refractivity contribution in [2.24, 2.45) is 0 Å². The largest absolute Gasteiger partial charge is 0.497 e. The lowest BCUT2D eigenvalue weighted by atomic mass is 10.1. The molecule has 0 aliphatic rings. The summed E-state index contributed by atoms with van der Waals surface area (Å²) in [5, 5.41) is 14.9. The first-order chi connectivity index (χ1) is 20.7. The maximum Gasteiger partial charge on any atom is 0.338 e. The van der Waals surface area contributed by atoms with Crippen LogP contribution in [-0.4, -0.2) is 59.1 Å². The van der Waals surface area contributed by atoms with Crippen molar-refractivity contribution in [3.63, 3.8) is 0 Å². The number of carbonyl (C=O) groups excluding carboxylic acids is 3. The van der Waals surface area contributed by atoms with Gasteiger partial charge in [-0.15, -0.1) is 10.2 Å². The molecule has 1 aromatic heterocycles. The smallest absolute Gasteiger partial charge is 0.338 e. The van der Waals surface area contributed by atoms with Gasteiger partial charge in [-0.1, -0.05) is 23.9 Å². The number of aryl methyl sites for hydroxylation is 2. The van der Waals surface area contributed by atoms with E-state index in [1.807, 2.05) is 36.6 Å². The quantitative estimate of drug-likeness (QED) is 0.174. The van der Waals surface area contributed by atoms with Crippen LogP contribution < -0.4 is 20.1 Å². The summed E-state index contributed by atoms with van der Waals surface area (Å²) in [6.45, 7) is 6.06. The second-order valence-electron chi connectivity index (χ2n) is 9.44. The molecule has 0 bridgehead atoms. The van der Waals surface area contributed by atoms with Gasteiger partial charge in [0.05, 0.1) is 44.4 Å². The summed E-state index contributed by atoms with van der Waals surface area (Å²) in [6, 6.07) is 17.4. The number of nitrogens with one attached hydrogen (secondary N) is 2. The van der Waals surface area contributed by atoms with Crippen molar-refractivity contribution in [1.29, 1.82) is 0 Å². The van der Waals surface area contributed by atoms with Crippen molar-refractivity contribution in [3.05, 3.63) is 88.7 Å². The van der Waals surface area contributed by atoms with Gasteiger partial charge in [0.2, 0.25) is 5.91 Å². The molecule has 0 aliphatic heterocycles. The Hall–Kier alpha value is -4.84. The predicted octanol–water partition coefficient (Wildman–Crippen LogP) is 4.74. The summed E-state index contributed by atoms with van der Waals surface area (Å²) in [4.78, 5) is 37.7. The molecule has 224 valence electrons. The molecule has 1 heterocycles. The van der Waals surface area contributed by atoms with Gasteiger partial charge in [-0.3, -0.25) is 14.2 Å². The number of hydrogen-bond donors (Lipinski definition) is 2. The van der Waals surface area contributed by atoms with E-state index in [2.05, 4.69) is 20.8 Å². The van der Waals surface area contributed by atoms with Crippen molar-refractivity contribution in [3.8, 4) is 17.2 Å². The summed E-state index contributed by atoms with van der Waals surface area (Å²) >= 11 is 1.22. The van der Waals surface area contributed by atoms with Gasteiger partial charge in [-0.25, -0.2) is 4.79 Å². The first kappa shape index (κ1) is 31.1. The molecule has 0 saturated heterocycles. The van der Waals surface area contributed by atoms with Gasteiger partial charge >= 0.3 is 5.97 Å². The maximum atomic E-state index is 13.0. The van der Waals surface area contributed by atoms with Crippen LogP contribution in [0.4, 0.5) is 5.69 Å². The molecule has 43 heavy (non-hydrogen) atoms. The molecule has 0 saturated carbocycles. The highest BCUT2D eigenvalue weighted by molar-refractivity contribution is 7.99. The van der Waals surface area contributed by atoms with E-state index in [4.69, 9.17) is 14.2 Å². The third-order valence-corrected chi connectivity index (χ3v) is 7.27. The molecule has 3 aromatic carbocycles.